The van der Waals surface area contributed by atoms with E-state index in [0.717, 1.165) is 55.9 Å². The van der Waals surface area contributed by atoms with Crippen molar-refractivity contribution in [3.8, 4) is 29.2 Å². The topological polar surface area (TPSA) is 43.1 Å². The number of rotatable bonds is 2. The summed E-state index contributed by atoms with van der Waals surface area (Å²) in [6.45, 7) is 0. The van der Waals surface area contributed by atoms with Gasteiger partial charge in [-0.15, -0.1) is 6.42 Å². The van der Waals surface area contributed by atoms with Crippen molar-refractivity contribution in [2.75, 3.05) is 7.05 Å². The van der Waals surface area contributed by atoms with Gasteiger partial charge in [0, 0.05) is 53.3 Å². The number of para-hydroxylation sites is 1. The van der Waals surface area contributed by atoms with E-state index < -0.39 is 5.41 Å². The third-order valence-corrected chi connectivity index (χ3v) is 9.80. The largest absolute Gasteiger partial charge is 0.294 e. The molecule has 0 radical (unpaired) electrons. The highest BCUT2D eigenvalue weighted by Gasteiger charge is 2.59. The molecule has 0 amide bonds. The van der Waals surface area contributed by atoms with Gasteiger partial charge in [0.1, 0.15) is 5.65 Å². The van der Waals surface area contributed by atoms with E-state index in [-0.39, 0.29) is 11.8 Å². The predicted molar refractivity (Wildman–Crippen MR) is 181 cm³/mol. The molecule has 4 heteroatoms. The number of hydrogen-bond acceptors (Lipinski definition) is 3. The standard InChI is InChI=1S/C41H26N4/c1-3-11-34-38(42-2)39-35(17-10-22-43-39)41(34)33-16-8-7-14-29(33)30-20-18-27(25-36(30)41)26-19-21-37-32(24-26)31-15-9-23-44-40(31)45(37)28-12-5-4-6-13-28/h1,4-6,9-25,29,33H,2H3/b34-11+,42-38?. The molecule has 0 N–H and O–H groups in total. The van der Waals surface area contributed by atoms with Crippen LogP contribution in [0.25, 0.3) is 38.8 Å². The van der Waals surface area contributed by atoms with Crippen LogP contribution in [0, 0.1) is 18.3 Å². The number of aliphatic imine (C=N–C) groups is 1. The average molecular weight is 575 g/mol. The van der Waals surface area contributed by atoms with Crippen LogP contribution in [-0.2, 0) is 5.41 Å². The van der Waals surface area contributed by atoms with Gasteiger partial charge >= 0.3 is 0 Å². The molecule has 0 saturated heterocycles. The maximum Gasteiger partial charge on any atom is 0.145 e. The van der Waals surface area contributed by atoms with Crippen molar-refractivity contribution in [2.24, 2.45) is 10.9 Å². The summed E-state index contributed by atoms with van der Waals surface area (Å²) in [6, 6.07) is 32.5. The molecule has 45 heavy (non-hydrogen) atoms. The van der Waals surface area contributed by atoms with Crippen molar-refractivity contribution in [1.82, 2.24) is 14.5 Å². The summed E-state index contributed by atoms with van der Waals surface area (Å²) in [6.07, 6.45) is 15.9. The molecule has 3 aromatic heterocycles. The zero-order valence-corrected chi connectivity index (χ0v) is 24.6. The van der Waals surface area contributed by atoms with Gasteiger partial charge in [0.05, 0.1) is 22.3 Å². The van der Waals surface area contributed by atoms with E-state index in [0.29, 0.717) is 0 Å². The van der Waals surface area contributed by atoms with E-state index in [2.05, 4.69) is 107 Å². The van der Waals surface area contributed by atoms with Gasteiger partial charge in [-0.1, -0.05) is 59.8 Å². The number of pyridine rings is 2. The smallest absolute Gasteiger partial charge is 0.145 e. The van der Waals surface area contributed by atoms with Crippen LogP contribution in [0.15, 0.2) is 144 Å². The molecule has 6 aromatic rings. The van der Waals surface area contributed by atoms with Crippen LogP contribution in [-0.4, -0.2) is 27.3 Å². The fourth-order valence-electron chi connectivity index (χ4n) is 8.09. The Kier molecular flexibility index (Phi) is 5.40. The molecule has 3 atom stereocenters. The SMILES string of the molecule is C#C/C=C1\C(=NC)c2ncccc2C12c1cc(-c3ccc4c(c3)c3cccnc3n4-c3ccccc3)ccc1C1C=C=C=CC12. The Labute approximate surface area is 261 Å². The Morgan fingerprint density at radius 2 is 1.64 bits per heavy atom. The van der Waals surface area contributed by atoms with E-state index in [4.69, 9.17) is 21.4 Å². The first-order valence-corrected chi connectivity index (χ1v) is 15.1. The fraction of sp³-hybridized carbons (Fsp3) is 0.0976. The van der Waals surface area contributed by atoms with Crippen LogP contribution in [0.3, 0.4) is 0 Å². The summed E-state index contributed by atoms with van der Waals surface area (Å²) in [4.78, 5) is 14.4. The maximum atomic E-state index is 6.01. The lowest BCUT2D eigenvalue weighted by Crippen LogP contribution is -2.33. The second-order valence-corrected chi connectivity index (χ2v) is 11.8. The zero-order valence-electron chi connectivity index (χ0n) is 24.6. The van der Waals surface area contributed by atoms with Gasteiger partial charge < -0.3 is 0 Å². The lowest BCUT2D eigenvalue weighted by Gasteiger charge is -2.34. The van der Waals surface area contributed by atoms with E-state index in [1.807, 2.05) is 43.7 Å². The van der Waals surface area contributed by atoms with Crippen LogP contribution in [0.4, 0.5) is 0 Å². The number of aromatic nitrogens is 3. The van der Waals surface area contributed by atoms with Crippen molar-refractivity contribution < 1.29 is 0 Å². The Bertz CT molecular complexity index is 2440. The highest BCUT2D eigenvalue weighted by molar-refractivity contribution is 6.19. The summed E-state index contributed by atoms with van der Waals surface area (Å²) < 4.78 is 2.24. The molecular formula is C41H26N4. The van der Waals surface area contributed by atoms with Gasteiger partial charge in [-0.2, -0.15) is 0 Å². The molecule has 3 aliphatic carbocycles. The number of allylic oxidation sites excluding steroid dienone is 4. The molecule has 3 unspecified atom stereocenters. The zero-order chi connectivity index (χ0) is 30.1. The van der Waals surface area contributed by atoms with Gasteiger partial charge in [-0.05, 0) is 94.6 Å². The predicted octanol–water partition coefficient (Wildman–Crippen LogP) is 8.11. The number of fused-ring (bicyclic) bond motifs is 10. The van der Waals surface area contributed by atoms with Gasteiger partial charge in [-0.25, -0.2) is 4.98 Å². The Hall–Kier alpha value is -5.97. The first-order valence-electron chi connectivity index (χ1n) is 15.1. The third-order valence-electron chi connectivity index (χ3n) is 9.80. The summed E-state index contributed by atoms with van der Waals surface area (Å²) in [5.74, 6) is 3.06. The van der Waals surface area contributed by atoms with Crippen LogP contribution in [0.1, 0.15) is 28.3 Å². The number of terminal acetylenes is 1. The van der Waals surface area contributed by atoms with Crippen LogP contribution in [0.5, 0.6) is 0 Å². The minimum absolute atomic E-state index is 0.0724. The second kappa shape index (κ2) is 9.52. The fourth-order valence-corrected chi connectivity index (χ4v) is 8.09. The number of benzene rings is 3. The van der Waals surface area contributed by atoms with E-state index >= 15 is 0 Å². The van der Waals surface area contributed by atoms with Crippen molar-refractivity contribution in [2.45, 2.75) is 11.3 Å². The molecule has 3 heterocycles. The average Bonchev–Trinajstić information content (AvgIpc) is 3.69. The first kappa shape index (κ1) is 25.5. The first-order chi connectivity index (χ1) is 22.3. The normalized spacial score (nSPS) is 22.4. The molecule has 0 saturated carbocycles. The lowest BCUT2D eigenvalue weighted by molar-refractivity contribution is 0.468. The molecule has 0 aliphatic heterocycles. The molecule has 3 aliphatic rings. The molecule has 4 nitrogen and oxygen atoms in total. The van der Waals surface area contributed by atoms with E-state index in [1.54, 1.807) is 0 Å². The van der Waals surface area contributed by atoms with Crippen LogP contribution < -0.4 is 0 Å². The Morgan fingerprint density at radius 1 is 0.844 bits per heavy atom. The molecule has 210 valence electrons. The third kappa shape index (κ3) is 3.32. The monoisotopic (exact) mass is 574 g/mol. The number of hydrogen-bond donors (Lipinski definition) is 0. The maximum absolute atomic E-state index is 6.01. The highest BCUT2D eigenvalue weighted by atomic mass is 15.0. The van der Waals surface area contributed by atoms with Gasteiger partial charge in [0.2, 0.25) is 0 Å². The molecule has 3 aromatic carbocycles. The van der Waals surface area contributed by atoms with E-state index in [9.17, 15) is 0 Å². The van der Waals surface area contributed by atoms with Gasteiger partial charge in [-0.3, -0.25) is 14.5 Å². The summed E-state index contributed by atoms with van der Waals surface area (Å²) in [7, 11) is 1.83. The Morgan fingerprint density at radius 3 is 2.51 bits per heavy atom. The summed E-state index contributed by atoms with van der Waals surface area (Å²) in [5, 5.41) is 2.30. The molecule has 0 bridgehead atoms. The quantitative estimate of drug-likeness (QED) is 0.155. The highest BCUT2D eigenvalue weighted by Crippen LogP contribution is 2.63. The van der Waals surface area contributed by atoms with Gasteiger partial charge in [0.25, 0.3) is 0 Å². The van der Waals surface area contributed by atoms with Crippen molar-refractivity contribution in [1.29, 1.82) is 0 Å². The lowest BCUT2D eigenvalue weighted by atomic mass is 9.65. The van der Waals surface area contributed by atoms with Crippen LogP contribution in [0.2, 0.25) is 0 Å². The van der Waals surface area contributed by atoms with E-state index in [1.165, 1.54) is 16.5 Å². The van der Waals surface area contributed by atoms with Crippen molar-refractivity contribution in [3.05, 3.63) is 161 Å². The van der Waals surface area contributed by atoms with Gasteiger partial charge in [0.15, 0.2) is 0 Å². The van der Waals surface area contributed by atoms with Crippen molar-refractivity contribution in [3.63, 3.8) is 0 Å². The summed E-state index contributed by atoms with van der Waals surface area (Å²) >= 11 is 0. The minimum atomic E-state index is -0.538. The second-order valence-electron chi connectivity index (χ2n) is 11.8. The summed E-state index contributed by atoms with van der Waals surface area (Å²) in [5.41, 5.74) is 17.9. The van der Waals surface area contributed by atoms with Crippen molar-refractivity contribution >= 4 is 27.6 Å². The molecular weight excluding hydrogens is 548 g/mol. The molecule has 1 spiro atoms. The minimum Gasteiger partial charge on any atom is -0.294 e. The Balaban J connectivity index is 1.30. The van der Waals surface area contributed by atoms with Crippen LogP contribution >= 0.6 is 0 Å². The molecule has 0 fully saturated rings. The number of nitrogens with zero attached hydrogens (tertiary/aromatic N) is 4. The molecule has 9 rings (SSSR count).